The number of Topliss-reactive ketones (excluding diaryl/α,β-unsaturated/α-hetero) is 1. The van der Waals surface area contributed by atoms with Gasteiger partial charge in [0, 0.05) is 16.3 Å². The molecule has 1 aromatic heterocycles. The van der Waals surface area contributed by atoms with Crippen LogP contribution in [0.25, 0.3) is 5.76 Å². The van der Waals surface area contributed by atoms with E-state index in [2.05, 4.69) is 0 Å². The van der Waals surface area contributed by atoms with Gasteiger partial charge in [-0.3, -0.25) is 14.5 Å². The number of furan rings is 1. The van der Waals surface area contributed by atoms with Crippen molar-refractivity contribution in [3.8, 4) is 0 Å². The van der Waals surface area contributed by atoms with Crippen molar-refractivity contribution in [3.05, 3.63) is 93.4 Å². The van der Waals surface area contributed by atoms with E-state index >= 15 is 0 Å². The fraction of sp³-hybridized carbons (Fsp3) is 0.231. The number of anilines is 1. The maximum Gasteiger partial charge on any atom is 0.300 e. The van der Waals surface area contributed by atoms with E-state index in [1.807, 2.05) is 18.2 Å². The summed E-state index contributed by atoms with van der Waals surface area (Å²) in [5.74, 6) is -0.584. The molecule has 2 aliphatic rings. The number of carbonyl (C=O) groups is 2. The number of aliphatic hydroxyl groups excluding tert-OH is 1. The summed E-state index contributed by atoms with van der Waals surface area (Å²) in [6.45, 7) is 1.79. The van der Waals surface area contributed by atoms with Gasteiger partial charge < -0.3 is 9.52 Å². The second-order valence-electron chi connectivity index (χ2n) is 8.28. The van der Waals surface area contributed by atoms with Crippen molar-refractivity contribution >= 4 is 34.7 Å². The van der Waals surface area contributed by atoms with E-state index in [1.165, 1.54) is 16.0 Å². The third kappa shape index (κ3) is 3.43. The zero-order valence-electron chi connectivity index (χ0n) is 17.6. The number of carbonyl (C=O) groups excluding carboxylic acids is 2. The minimum atomic E-state index is -0.874. The van der Waals surface area contributed by atoms with Crippen LogP contribution in [0, 0.1) is 6.92 Å². The van der Waals surface area contributed by atoms with Gasteiger partial charge in [0.15, 0.2) is 0 Å². The monoisotopic (exact) mass is 447 g/mol. The molecule has 1 unspecified atom stereocenters. The van der Waals surface area contributed by atoms with E-state index in [1.54, 1.807) is 43.3 Å². The van der Waals surface area contributed by atoms with Crippen molar-refractivity contribution in [3.63, 3.8) is 0 Å². The van der Waals surface area contributed by atoms with Gasteiger partial charge in [-0.2, -0.15) is 0 Å². The van der Waals surface area contributed by atoms with Gasteiger partial charge in [0.2, 0.25) is 0 Å². The third-order valence-electron chi connectivity index (χ3n) is 6.20. The second kappa shape index (κ2) is 7.99. The summed E-state index contributed by atoms with van der Waals surface area (Å²) >= 11 is 6.02. The predicted octanol–water partition coefficient (Wildman–Crippen LogP) is 5.75. The van der Waals surface area contributed by atoms with Gasteiger partial charge in [0.1, 0.15) is 23.3 Å². The Morgan fingerprint density at radius 1 is 1.00 bits per heavy atom. The topological polar surface area (TPSA) is 70.8 Å². The number of aryl methyl sites for hydroxylation is 3. The highest BCUT2D eigenvalue weighted by atomic mass is 35.5. The molecule has 5 rings (SSSR count). The average Bonchev–Trinajstić information content (AvgIpc) is 3.34. The van der Waals surface area contributed by atoms with Crippen LogP contribution in [-0.2, 0) is 22.4 Å². The number of hydrogen-bond acceptors (Lipinski definition) is 4. The third-order valence-corrected chi connectivity index (χ3v) is 6.45. The molecule has 5 nitrogen and oxygen atoms in total. The SMILES string of the molecule is Cc1ccc(C2/C(=C(/O)c3ccc4c(c3)CCCC4)C(=O)C(=O)N2c2ccc(Cl)cc2)o1. The molecule has 1 fully saturated rings. The minimum Gasteiger partial charge on any atom is -0.507 e. The van der Waals surface area contributed by atoms with Crippen LogP contribution < -0.4 is 4.90 Å². The molecular weight excluding hydrogens is 426 g/mol. The Labute approximate surface area is 190 Å². The summed E-state index contributed by atoms with van der Waals surface area (Å²) in [6.07, 6.45) is 4.21. The Hall–Kier alpha value is -3.31. The van der Waals surface area contributed by atoms with Crippen LogP contribution >= 0.6 is 11.6 Å². The first-order valence-electron chi connectivity index (χ1n) is 10.7. The van der Waals surface area contributed by atoms with Crippen LogP contribution in [0.3, 0.4) is 0 Å². The van der Waals surface area contributed by atoms with Gasteiger partial charge >= 0.3 is 0 Å². The number of amides is 1. The number of benzene rings is 2. The first kappa shape index (κ1) is 20.6. The highest BCUT2D eigenvalue weighted by molar-refractivity contribution is 6.51. The Bertz CT molecular complexity index is 1260. The van der Waals surface area contributed by atoms with Crippen molar-refractivity contribution in [1.29, 1.82) is 0 Å². The molecule has 3 aromatic rings. The van der Waals surface area contributed by atoms with E-state index in [0.29, 0.717) is 27.8 Å². The summed E-state index contributed by atoms with van der Waals surface area (Å²) in [5, 5.41) is 11.8. The molecule has 0 saturated carbocycles. The number of nitrogens with zero attached hydrogens (tertiary/aromatic N) is 1. The van der Waals surface area contributed by atoms with Crippen molar-refractivity contribution in [1.82, 2.24) is 0 Å². The first-order chi connectivity index (χ1) is 15.4. The number of halogens is 1. The standard InChI is InChI=1S/C26H22ClNO4/c1-15-6-13-21(32-15)23-22(24(29)18-8-7-16-4-2-3-5-17(16)14-18)25(30)26(31)28(23)20-11-9-19(27)10-12-20/h6-14,23,29H,2-5H2,1H3/b24-22-. The number of fused-ring (bicyclic) bond motifs is 1. The normalized spacial score (nSPS) is 19.9. The fourth-order valence-corrected chi connectivity index (χ4v) is 4.73. The predicted molar refractivity (Wildman–Crippen MR) is 123 cm³/mol. The fourth-order valence-electron chi connectivity index (χ4n) is 4.61. The second-order valence-corrected chi connectivity index (χ2v) is 8.72. The van der Waals surface area contributed by atoms with Crippen LogP contribution in [0.1, 0.15) is 47.1 Å². The molecule has 1 N–H and O–H groups in total. The molecule has 0 bridgehead atoms. The molecule has 162 valence electrons. The van der Waals surface area contributed by atoms with E-state index in [0.717, 1.165) is 25.7 Å². The molecule has 1 aliphatic carbocycles. The molecule has 1 aliphatic heterocycles. The smallest absolute Gasteiger partial charge is 0.300 e. The zero-order chi connectivity index (χ0) is 22.4. The average molecular weight is 448 g/mol. The maximum atomic E-state index is 13.2. The highest BCUT2D eigenvalue weighted by Crippen LogP contribution is 2.43. The lowest BCUT2D eigenvalue weighted by atomic mass is 9.89. The summed E-state index contributed by atoms with van der Waals surface area (Å²) < 4.78 is 5.83. The Morgan fingerprint density at radius 3 is 2.41 bits per heavy atom. The van der Waals surface area contributed by atoms with Gasteiger partial charge in [-0.25, -0.2) is 0 Å². The van der Waals surface area contributed by atoms with E-state index < -0.39 is 17.7 Å². The molecule has 1 saturated heterocycles. The molecule has 1 atom stereocenters. The van der Waals surface area contributed by atoms with E-state index in [-0.39, 0.29) is 11.3 Å². The Balaban J connectivity index is 1.68. The lowest BCUT2D eigenvalue weighted by molar-refractivity contribution is -0.132. The van der Waals surface area contributed by atoms with Crippen molar-refractivity contribution in [2.45, 2.75) is 38.6 Å². The number of rotatable bonds is 3. The van der Waals surface area contributed by atoms with Crippen LogP contribution in [0.15, 0.2) is 64.6 Å². The number of aliphatic hydroxyl groups is 1. The summed E-state index contributed by atoms with van der Waals surface area (Å²) in [4.78, 5) is 27.7. The molecule has 6 heteroatoms. The summed E-state index contributed by atoms with van der Waals surface area (Å²) in [5.41, 5.74) is 3.51. The lowest BCUT2D eigenvalue weighted by Crippen LogP contribution is -2.29. The van der Waals surface area contributed by atoms with Gasteiger partial charge in [0.25, 0.3) is 11.7 Å². The minimum absolute atomic E-state index is 0.0232. The van der Waals surface area contributed by atoms with E-state index in [4.69, 9.17) is 16.0 Å². The van der Waals surface area contributed by atoms with Gasteiger partial charge in [0.05, 0.1) is 5.57 Å². The quantitative estimate of drug-likeness (QED) is 0.315. The van der Waals surface area contributed by atoms with Gasteiger partial charge in [-0.1, -0.05) is 23.7 Å². The summed E-state index contributed by atoms with van der Waals surface area (Å²) in [6, 6.07) is 15.1. The van der Waals surface area contributed by atoms with Gasteiger partial charge in [-0.15, -0.1) is 0 Å². The van der Waals surface area contributed by atoms with Crippen LogP contribution in [-0.4, -0.2) is 16.8 Å². The number of hydrogen-bond donors (Lipinski definition) is 1. The summed E-state index contributed by atoms with van der Waals surface area (Å²) in [7, 11) is 0. The molecule has 32 heavy (non-hydrogen) atoms. The Morgan fingerprint density at radius 2 is 1.72 bits per heavy atom. The zero-order valence-corrected chi connectivity index (χ0v) is 18.4. The lowest BCUT2D eigenvalue weighted by Gasteiger charge is -2.23. The van der Waals surface area contributed by atoms with Crippen molar-refractivity contribution in [2.75, 3.05) is 4.90 Å². The highest BCUT2D eigenvalue weighted by Gasteiger charge is 2.48. The molecule has 2 heterocycles. The van der Waals surface area contributed by atoms with Crippen molar-refractivity contribution in [2.24, 2.45) is 0 Å². The number of ketones is 1. The molecular formula is C26H22ClNO4. The molecule has 0 radical (unpaired) electrons. The van der Waals surface area contributed by atoms with Gasteiger partial charge in [-0.05, 0) is 86.2 Å². The molecule has 1 amide bonds. The molecule has 0 spiro atoms. The largest absolute Gasteiger partial charge is 0.507 e. The van der Waals surface area contributed by atoms with Crippen LogP contribution in [0.2, 0.25) is 5.02 Å². The molecule has 2 aromatic carbocycles. The van der Waals surface area contributed by atoms with Crippen LogP contribution in [0.5, 0.6) is 0 Å². The first-order valence-corrected chi connectivity index (χ1v) is 11.1. The maximum absolute atomic E-state index is 13.2. The van der Waals surface area contributed by atoms with Crippen LogP contribution in [0.4, 0.5) is 5.69 Å². The van der Waals surface area contributed by atoms with E-state index in [9.17, 15) is 14.7 Å². The Kier molecular flexibility index (Phi) is 5.14. The van der Waals surface area contributed by atoms with Crippen molar-refractivity contribution < 1.29 is 19.1 Å².